The fourth-order valence-corrected chi connectivity index (χ4v) is 2.53. The number of anilines is 1. The number of nitrogens with one attached hydrogen (secondary N) is 3. The Morgan fingerprint density at radius 3 is 2.13 bits per heavy atom. The van der Waals surface area contributed by atoms with E-state index in [-0.39, 0.29) is 24.8 Å². The van der Waals surface area contributed by atoms with Crippen molar-refractivity contribution in [3.05, 3.63) is 59.7 Å². The van der Waals surface area contributed by atoms with E-state index in [1.165, 1.54) is 0 Å². The highest BCUT2D eigenvalue weighted by Crippen LogP contribution is 2.14. The molecule has 0 fully saturated rings. The summed E-state index contributed by atoms with van der Waals surface area (Å²) in [5.74, 6) is 0.276. The third-order valence-corrected chi connectivity index (χ3v) is 4.07. The molecular formula is C23H29N3O5. The van der Waals surface area contributed by atoms with Crippen molar-refractivity contribution in [1.82, 2.24) is 10.6 Å². The van der Waals surface area contributed by atoms with Crippen LogP contribution in [0.15, 0.2) is 48.5 Å². The second kappa shape index (κ2) is 11.0. The number of alkyl carbamates (subject to hydrolysis) is 1. The van der Waals surface area contributed by atoms with Gasteiger partial charge in [0.15, 0.2) is 0 Å². The summed E-state index contributed by atoms with van der Waals surface area (Å²) in [5.41, 5.74) is 1.48. The lowest BCUT2D eigenvalue weighted by molar-refractivity contribution is -0.121. The highest BCUT2D eigenvalue weighted by atomic mass is 16.6. The number of ether oxygens (including phenoxy) is 2. The Balaban J connectivity index is 1.73. The summed E-state index contributed by atoms with van der Waals surface area (Å²) in [7, 11) is 1.57. The van der Waals surface area contributed by atoms with Gasteiger partial charge in [0, 0.05) is 30.8 Å². The van der Waals surface area contributed by atoms with Gasteiger partial charge < -0.3 is 25.4 Å². The fourth-order valence-electron chi connectivity index (χ4n) is 2.53. The number of carbonyl (C=O) groups excluding carboxylic acids is 3. The van der Waals surface area contributed by atoms with Crippen molar-refractivity contribution in [3.8, 4) is 5.75 Å². The maximum absolute atomic E-state index is 12.3. The second-order valence-electron chi connectivity index (χ2n) is 7.83. The Labute approximate surface area is 182 Å². The highest BCUT2D eigenvalue weighted by Gasteiger charge is 2.15. The van der Waals surface area contributed by atoms with E-state index < -0.39 is 11.7 Å². The summed E-state index contributed by atoms with van der Waals surface area (Å²) < 4.78 is 10.2. The molecule has 8 heteroatoms. The van der Waals surface area contributed by atoms with Gasteiger partial charge in [0.2, 0.25) is 5.91 Å². The topological polar surface area (TPSA) is 106 Å². The number of methoxy groups -OCH3 is 1. The fraction of sp³-hybridized carbons (Fsp3) is 0.348. The zero-order valence-electron chi connectivity index (χ0n) is 18.3. The van der Waals surface area contributed by atoms with Crippen LogP contribution >= 0.6 is 0 Å². The largest absolute Gasteiger partial charge is 0.497 e. The molecule has 0 aliphatic rings. The first-order chi connectivity index (χ1) is 14.7. The van der Waals surface area contributed by atoms with Gasteiger partial charge in [-0.2, -0.15) is 0 Å². The monoisotopic (exact) mass is 427 g/mol. The van der Waals surface area contributed by atoms with Gasteiger partial charge >= 0.3 is 6.09 Å². The lowest BCUT2D eigenvalue weighted by Crippen LogP contribution is -2.35. The van der Waals surface area contributed by atoms with Gasteiger partial charge in [-0.1, -0.05) is 12.1 Å². The molecule has 0 heterocycles. The molecule has 0 radical (unpaired) electrons. The summed E-state index contributed by atoms with van der Waals surface area (Å²) in [6, 6.07) is 14.0. The van der Waals surface area contributed by atoms with Gasteiger partial charge in [0.05, 0.1) is 7.11 Å². The Kier molecular flexibility index (Phi) is 8.43. The van der Waals surface area contributed by atoms with Crippen LogP contribution in [0.3, 0.4) is 0 Å². The predicted molar refractivity (Wildman–Crippen MR) is 118 cm³/mol. The average Bonchev–Trinajstić information content (AvgIpc) is 2.72. The molecule has 166 valence electrons. The number of carbonyl (C=O) groups is 3. The van der Waals surface area contributed by atoms with E-state index in [1.807, 2.05) is 12.1 Å². The van der Waals surface area contributed by atoms with Crippen molar-refractivity contribution in [3.63, 3.8) is 0 Å². The Hall–Kier alpha value is -3.55. The van der Waals surface area contributed by atoms with E-state index in [9.17, 15) is 14.4 Å². The van der Waals surface area contributed by atoms with Crippen molar-refractivity contribution >= 4 is 23.6 Å². The molecule has 2 aromatic rings. The SMILES string of the molecule is COc1ccc(C(=O)Nc2ccc(CNC(=O)CCNC(=O)OC(C)(C)C)cc2)cc1. The second-order valence-corrected chi connectivity index (χ2v) is 7.83. The molecule has 0 atom stereocenters. The number of hydrogen-bond donors (Lipinski definition) is 3. The molecular weight excluding hydrogens is 398 g/mol. The molecule has 0 aromatic heterocycles. The van der Waals surface area contributed by atoms with Gasteiger partial charge in [-0.25, -0.2) is 4.79 Å². The number of rotatable bonds is 8. The molecule has 0 saturated heterocycles. The zero-order chi connectivity index (χ0) is 22.9. The summed E-state index contributed by atoms with van der Waals surface area (Å²) >= 11 is 0. The van der Waals surface area contributed by atoms with Crippen molar-refractivity contribution in [1.29, 1.82) is 0 Å². The van der Waals surface area contributed by atoms with E-state index >= 15 is 0 Å². The van der Waals surface area contributed by atoms with Crippen molar-refractivity contribution in [2.45, 2.75) is 39.3 Å². The van der Waals surface area contributed by atoms with Crippen LogP contribution in [-0.2, 0) is 16.1 Å². The molecule has 8 nitrogen and oxygen atoms in total. The third kappa shape index (κ3) is 8.77. The van der Waals surface area contributed by atoms with E-state index in [4.69, 9.17) is 9.47 Å². The first kappa shape index (κ1) is 23.7. The summed E-state index contributed by atoms with van der Waals surface area (Å²) in [4.78, 5) is 35.8. The summed E-state index contributed by atoms with van der Waals surface area (Å²) in [5, 5.41) is 8.16. The van der Waals surface area contributed by atoms with Crippen molar-refractivity contribution in [2.75, 3.05) is 19.0 Å². The minimum Gasteiger partial charge on any atom is -0.497 e. The van der Waals surface area contributed by atoms with E-state index in [0.29, 0.717) is 23.5 Å². The molecule has 3 N–H and O–H groups in total. The van der Waals surface area contributed by atoms with Crippen LogP contribution in [0.4, 0.5) is 10.5 Å². The maximum Gasteiger partial charge on any atom is 0.407 e. The van der Waals surface area contributed by atoms with Crippen molar-refractivity contribution < 1.29 is 23.9 Å². The lowest BCUT2D eigenvalue weighted by atomic mass is 10.1. The van der Waals surface area contributed by atoms with Gasteiger partial charge in [-0.05, 0) is 62.7 Å². The van der Waals surface area contributed by atoms with Crippen LogP contribution in [0, 0.1) is 0 Å². The van der Waals surface area contributed by atoms with E-state index in [0.717, 1.165) is 5.56 Å². The molecule has 0 saturated carbocycles. The molecule has 31 heavy (non-hydrogen) atoms. The first-order valence-electron chi connectivity index (χ1n) is 9.94. The predicted octanol–water partition coefficient (Wildman–Crippen LogP) is 3.48. The van der Waals surface area contributed by atoms with Gasteiger partial charge in [0.25, 0.3) is 5.91 Å². The summed E-state index contributed by atoms with van der Waals surface area (Å²) in [6.07, 6.45) is -0.400. The van der Waals surface area contributed by atoms with Crippen LogP contribution in [-0.4, -0.2) is 37.2 Å². The smallest absolute Gasteiger partial charge is 0.407 e. The van der Waals surface area contributed by atoms with Gasteiger partial charge in [0.1, 0.15) is 11.4 Å². The quantitative estimate of drug-likeness (QED) is 0.598. The lowest BCUT2D eigenvalue weighted by Gasteiger charge is -2.19. The molecule has 2 aromatic carbocycles. The standard InChI is InChI=1S/C23H29N3O5/c1-23(2,3)31-22(29)24-14-13-20(27)25-15-16-5-9-18(10-6-16)26-21(28)17-7-11-19(30-4)12-8-17/h5-12H,13-15H2,1-4H3,(H,24,29)(H,25,27)(H,26,28). The average molecular weight is 428 g/mol. The summed E-state index contributed by atoms with van der Waals surface area (Å²) in [6.45, 7) is 5.86. The first-order valence-corrected chi connectivity index (χ1v) is 9.94. The molecule has 3 amide bonds. The number of amides is 3. The van der Waals surface area contributed by atoms with Crippen LogP contribution < -0.4 is 20.7 Å². The van der Waals surface area contributed by atoms with Crippen LogP contribution in [0.2, 0.25) is 0 Å². The van der Waals surface area contributed by atoms with Crippen LogP contribution in [0.5, 0.6) is 5.75 Å². The molecule has 0 aliphatic carbocycles. The minimum atomic E-state index is -0.577. The Bertz CT molecular complexity index is 887. The van der Waals surface area contributed by atoms with E-state index in [2.05, 4.69) is 16.0 Å². The zero-order valence-corrected chi connectivity index (χ0v) is 18.3. The Morgan fingerprint density at radius 1 is 0.903 bits per heavy atom. The molecule has 0 aliphatic heterocycles. The normalized spacial score (nSPS) is 10.7. The maximum atomic E-state index is 12.3. The molecule has 0 unspecified atom stereocenters. The van der Waals surface area contributed by atoms with Crippen LogP contribution in [0.25, 0.3) is 0 Å². The number of hydrogen-bond acceptors (Lipinski definition) is 5. The molecule has 0 spiro atoms. The van der Waals surface area contributed by atoms with Gasteiger partial charge in [-0.3, -0.25) is 9.59 Å². The molecule has 2 rings (SSSR count). The minimum absolute atomic E-state index is 0.148. The highest BCUT2D eigenvalue weighted by molar-refractivity contribution is 6.04. The number of benzene rings is 2. The van der Waals surface area contributed by atoms with Crippen molar-refractivity contribution in [2.24, 2.45) is 0 Å². The van der Waals surface area contributed by atoms with Crippen LogP contribution in [0.1, 0.15) is 43.1 Å². The Morgan fingerprint density at radius 2 is 1.55 bits per heavy atom. The van der Waals surface area contributed by atoms with Gasteiger partial charge in [-0.15, -0.1) is 0 Å². The third-order valence-electron chi connectivity index (χ3n) is 4.07. The van der Waals surface area contributed by atoms with E-state index in [1.54, 1.807) is 64.3 Å². The molecule has 0 bridgehead atoms.